The molecule has 0 aromatic heterocycles. The second-order valence-electron chi connectivity index (χ2n) is 5.65. The molecular weight excluding hydrogens is 299 g/mol. The molecule has 0 aliphatic carbocycles. The molecule has 1 aromatic rings. The molecule has 1 saturated heterocycles. The van der Waals surface area contributed by atoms with E-state index in [9.17, 15) is 14.0 Å². The predicted octanol–water partition coefficient (Wildman–Crippen LogP) is 1.94. The topological polar surface area (TPSA) is 67.4 Å². The molecule has 1 unspecified atom stereocenters. The number of amides is 1. The Morgan fingerprint density at radius 2 is 1.96 bits per heavy atom. The zero-order valence-corrected chi connectivity index (χ0v) is 13.3. The molecule has 1 atom stereocenters. The smallest absolute Gasteiger partial charge is 0.308 e. The van der Waals surface area contributed by atoms with Crippen LogP contribution in [0.25, 0.3) is 0 Å². The number of ether oxygens (including phenoxy) is 1. The largest absolute Gasteiger partial charge is 0.466 e. The molecule has 2 rings (SSSR count). The predicted molar refractivity (Wildman–Crippen MR) is 84.1 cm³/mol. The van der Waals surface area contributed by atoms with E-state index < -0.39 is 6.04 Å². The summed E-state index contributed by atoms with van der Waals surface area (Å²) in [7, 11) is 0. The molecule has 6 heteroatoms. The summed E-state index contributed by atoms with van der Waals surface area (Å²) < 4.78 is 18.1. The molecule has 0 spiro atoms. The molecule has 1 amide bonds. The number of piperidine rings is 1. The van der Waals surface area contributed by atoms with Gasteiger partial charge in [-0.25, -0.2) is 4.39 Å². The van der Waals surface area contributed by atoms with Gasteiger partial charge in [0, 0.05) is 5.92 Å². The first-order chi connectivity index (χ1) is 11.1. The Kier molecular flexibility index (Phi) is 6.52. The number of carbonyl (C=O) groups is 2. The van der Waals surface area contributed by atoms with Gasteiger partial charge in [-0.2, -0.15) is 0 Å². The van der Waals surface area contributed by atoms with Gasteiger partial charge in [0.2, 0.25) is 5.91 Å². The maximum Gasteiger partial charge on any atom is 0.308 e. The molecular formula is C17H23FN2O3. The van der Waals surface area contributed by atoms with Gasteiger partial charge in [-0.3, -0.25) is 9.59 Å². The highest BCUT2D eigenvalue weighted by Gasteiger charge is 2.25. The highest BCUT2D eigenvalue weighted by Crippen LogP contribution is 2.20. The van der Waals surface area contributed by atoms with Crippen LogP contribution in [-0.4, -0.2) is 31.6 Å². The number of rotatable bonds is 6. The third kappa shape index (κ3) is 5.32. The van der Waals surface area contributed by atoms with Crippen LogP contribution in [0, 0.1) is 11.7 Å². The van der Waals surface area contributed by atoms with Crippen molar-refractivity contribution in [3.63, 3.8) is 0 Å². The average Bonchev–Trinajstić information content (AvgIpc) is 2.56. The normalized spacial score (nSPS) is 16.6. The molecule has 0 radical (unpaired) electrons. The summed E-state index contributed by atoms with van der Waals surface area (Å²) in [5.41, 5.74) is 0.696. The van der Waals surface area contributed by atoms with E-state index in [4.69, 9.17) is 4.74 Å². The lowest BCUT2D eigenvalue weighted by atomic mass is 9.95. The zero-order chi connectivity index (χ0) is 16.7. The lowest BCUT2D eigenvalue weighted by molar-refractivity contribution is -0.144. The fourth-order valence-corrected chi connectivity index (χ4v) is 2.71. The fraction of sp³-hybridized carbons (Fsp3) is 0.529. The molecule has 1 heterocycles. The van der Waals surface area contributed by atoms with Crippen LogP contribution in [0.1, 0.15) is 37.8 Å². The Balaban J connectivity index is 2.07. The van der Waals surface area contributed by atoms with Crippen molar-refractivity contribution in [2.45, 2.75) is 32.2 Å². The Bertz CT molecular complexity index is 527. The van der Waals surface area contributed by atoms with Gasteiger partial charge in [0.1, 0.15) is 5.82 Å². The molecule has 2 N–H and O–H groups in total. The van der Waals surface area contributed by atoms with E-state index in [0.717, 1.165) is 25.9 Å². The first kappa shape index (κ1) is 17.4. The molecule has 126 valence electrons. The fourth-order valence-electron chi connectivity index (χ4n) is 2.71. The second-order valence-corrected chi connectivity index (χ2v) is 5.65. The average molecular weight is 322 g/mol. The van der Waals surface area contributed by atoms with Gasteiger partial charge in [0.05, 0.1) is 19.1 Å². The summed E-state index contributed by atoms with van der Waals surface area (Å²) in [6.45, 7) is 3.66. The Hall–Kier alpha value is -1.95. The summed E-state index contributed by atoms with van der Waals surface area (Å²) >= 11 is 0. The second kappa shape index (κ2) is 8.62. The summed E-state index contributed by atoms with van der Waals surface area (Å²) in [5.74, 6) is -0.854. The van der Waals surface area contributed by atoms with Crippen LogP contribution in [0.5, 0.6) is 0 Å². The molecule has 1 aromatic carbocycles. The van der Waals surface area contributed by atoms with Crippen LogP contribution in [0.3, 0.4) is 0 Å². The van der Waals surface area contributed by atoms with Crippen LogP contribution in [0.4, 0.5) is 4.39 Å². The third-order valence-electron chi connectivity index (χ3n) is 3.97. The Morgan fingerprint density at radius 1 is 1.30 bits per heavy atom. The van der Waals surface area contributed by atoms with E-state index in [2.05, 4.69) is 10.6 Å². The SMILES string of the molecule is CCOC(=O)CC(NC(=O)C1CCNCC1)c1ccc(F)cc1. The van der Waals surface area contributed by atoms with Gasteiger partial charge in [0.25, 0.3) is 0 Å². The number of hydrogen-bond donors (Lipinski definition) is 2. The first-order valence-corrected chi connectivity index (χ1v) is 8.02. The van der Waals surface area contributed by atoms with Crippen molar-refractivity contribution in [2.24, 2.45) is 5.92 Å². The third-order valence-corrected chi connectivity index (χ3v) is 3.97. The van der Waals surface area contributed by atoms with E-state index in [1.807, 2.05) is 0 Å². The van der Waals surface area contributed by atoms with Gasteiger partial charge < -0.3 is 15.4 Å². The minimum absolute atomic E-state index is 0.0379. The standard InChI is InChI=1S/C17H23FN2O3/c1-2-23-16(21)11-15(12-3-5-14(18)6-4-12)20-17(22)13-7-9-19-10-8-13/h3-6,13,15,19H,2,7-11H2,1H3,(H,20,22). The highest BCUT2D eigenvalue weighted by molar-refractivity contribution is 5.80. The maximum atomic E-state index is 13.1. The Morgan fingerprint density at radius 3 is 2.57 bits per heavy atom. The summed E-state index contributed by atoms with van der Waals surface area (Å²) in [6, 6.07) is 5.31. The van der Waals surface area contributed by atoms with E-state index in [-0.39, 0.29) is 36.6 Å². The van der Waals surface area contributed by atoms with Gasteiger partial charge in [0.15, 0.2) is 0 Å². The quantitative estimate of drug-likeness (QED) is 0.786. The number of esters is 1. The minimum Gasteiger partial charge on any atom is -0.466 e. The van der Waals surface area contributed by atoms with Crippen molar-refractivity contribution >= 4 is 11.9 Å². The van der Waals surface area contributed by atoms with Crippen molar-refractivity contribution in [1.29, 1.82) is 0 Å². The lowest BCUT2D eigenvalue weighted by Crippen LogP contribution is -2.40. The first-order valence-electron chi connectivity index (χ1n) is 8.02. The van der Waals surface area contributed by atoms with Crippen LogP contribution in [0.2, 0.25) is 0 Å². The van der Waals surface area contributed by atoms with Crippen LogP contribution in [0.15, 0.2) is 24.3 Å². The molecule has 1 aliphatic heterocycles. The van der Waals surface area contributed by atoms with Crippen molar-refractivity contribution in [3.05, 3.63) is 35.6 Å². The van der Waals surface area contributed by atoms with Crippen LogP contribution < -0.4 is 10.6 Å². The number of halogens is 1. The number of benzene rings is 1. The molecule has 0 saturated carbocycles. The van der Waals surface area contributed by atoms with Gasteiger partial charge >= 0.3 is 5.97 Å². The minimum atomic E-state index is -0.503. The Labute approximate surface area is 135 Å². The number of nitrogens with one attached hydrogen (secondary N) is 2. The van der Waals surface area contributed by atoms with Gasteiger partial charge in [-0.1, -0.05) is 12.1 Å². The summed E-state index contributed by atoms with van der Waals surface area (Å²) in [5, 5.41) is 6.14. The zero-order valence-electron chi connectivity index (χ0n) is 13.3. The molecule has 0 bridgehead atoms. The van der Waals surface area contributed by atoms with Crippen molar-refractivity contribution < 1.29 is 18.7 Å². The summed E-state index contributed by atoms with van der Waals surface area (Å²) in [6.07, 6.45) is 1.60. The summed E-state index contributed by atoms with van der Waals surface area (Å²) in [4.78, 5) is 24.2. The van der Waals surface area contributed by atoms with Crippen molar-refractivity contribution in [3.8, 4) is 0 Å². The molecule has 5 nitrogen and oxygen atoms in total. The van der Waals surface area contributed by atoms with E-state index in [1.54, 1.807) is 19.1 Å². The number of hydrogen-bond acceptors (Lipinski definition) is 4. The van der Waals surface area contributed by atoms with Crippen molar-refractivity contribution in [2.75, 3.05) is 19.7 Å². The lowest BCUT2D eigenvalue weighted by Gasteiger charge is -2.25. The van der Waals surface area contributed by atoms with Crippen LogP contribution in [-0.2, 0) is 14.3 Å². The van der Waals surface area contributed by atoms with Crippen molar-refractivity contribution in [1.82, 2.24) is 10.6 Å². The molecule has 23 heavy (non-hydrogen) atoms. The monoisotopic (exact) mass is 322 g/mol. The highest BCUT2D eigenvalue weighted by atomic mass is 19.1. The van der Waals surface area contributed by atoms with E-state index >= 15 is 0 Å². The van der Waals surface area contributed by atoms with E-state index in [0.29, 0.717) is 5.56 Å². The van der Waals surface area contributed by atoms with E-state index in [1.165, 1.54) is 12.1 Å². The van der Waals surface area contributed by atoms with Gasteiger partial charge in [-0.05, 0) is 50.6 Å². The number of carbonyl (C=O) groups excluding carboxylic acids is 2. The maximum absolute atomic E-state index is 13.1. The molecule has 1 fully saturated rings. The molecule has 1 aliphatic rings. The van der Waals surface area contributed by atoms with Gasteiger partial charge in [-0.15, -0.1) is 0 Å². The van der Waals surface area contributed by atoms with Crippen LogP contribution >= 0.6 is 0 Å².